The van der Waals surface area contributed by atoms with E-state index in [4.69, 9.17) is 23.2 Å². The fourth-order valence-corrected chi connectivity index (χ4v) is 4.64. The van der Waals surface area contributed by atoms with E-state index in [-0.39, 0.29) is 24.8 Å². The van der Waals surface area contributed by atoms with Crippen molar-refractivity contribution in [2.45, 2.75) is 29.4 Å². The highest BCUT2D eigenvalue weighted by Gasteiger charge is 2.20. The highest BCUT2D eigenvalue weighted by atomic mass is 35.5. The minimum absolute atomic E-state index is 0. The van der Waals surface area contributed by atoms with Crippen molar-refractivity contribution in [1.82, 2.24) is 4.90 Å². The van der Waals surface area contributed by atoms with Crippen molar-refractivity contribution >= 4 is 59.8 Å². The third-order valence-corrected chi connectivity index (χ3v) is 6.40. The Morgan fingerprint density at radius 1 is 1.04 bits per heavy atom. The van der Waals surface area contributed by atoms with Crippen LogP contribution in [0.4, 0.5) is 0 Å². The van der Waals surface area contributed by atoms with Gasteiger partial charge < -0.3 is 10.0 Å². The molecule has 0 atom stereocenters. The molecule has 1 fully saturated rings. The van der Waals surface area contributed by atoms with Gasteiger partial charge in [0.2, 0.25) is 0 Å². The molecule has 7 heteroatoms. The third-order valence-electron chi connectivity index (χ3n) is 4.41. The van der Waals surface area contributed by atoms with Crippen molar-refractivity contribution < 1.29 is 5.11 Å². The van der Waals surface area contributed by atoms with Gasteiger partial charge in [0.1, 0.15) is 5.75 Å². The molecule has 0 spiro atoms. The lowest BCUT2D eigenvalue weighted by Gasteiger charge is -2.31. The van der Waals surface area contributed by atoms with E-state index < -0.39 is 0 Å². The molecule has 1 aliphatic rings. The molecular formula is C19H23Cl4NOS. The summed E-state index contributed by atoms with van der Waals surface area (Å²) >= 11 is 14.0. The van der Waals surface area contributed by atoms with Crippen LogP contribution in [0.2, 0.25) is 10.0 Å². The Labute approximate surface area is 182 Å². The number of phenols is 1. The van der Waals surface area contributed by atoms with Crippen LogP contribution in [-0.4, -0.2) is 34.9 Å². The number of thioether (sulfide) groups is 1. The van der Waals surface area contributed by atoms with E-state index in [1.807, 2.05) is 36.4 Å². The fourth-order valence-electron chi connectivity index (χ4n) is 2.99. The van der Waals surface area contributed by atoms with Crippen molar-refractivity contribution in [1.29, 1.82) is 0 Å². The largest absolute Gasteiger partial charge is 0.507 e. The Morgan fingerprint density at radius 3 is 2.38 bits per heavy atom. The third kappa shape index (κ3) is 6.70. The predicted octanol–water partition coefficient (Wildman–Crippen LogP) is 6.34. The van der Waals surface area contributed by atoms with Gasteiger partial charge in [-0.05, 0) is 62.2 Å². The molecule has 1 heterocycles. The molecule has 1 aliphatic heterocycles. The number of benzene rings is 2. The summed E-state index contributed by atoms with van der Waals surface area (Å²) < 4.78 is 0. The number of halogens is 4. The normalized spacial score (nSPS) is 15.2. The second-order valence-corrected chi connectivity index (χ2v) is 8.30. The molecule has 0 unspecified atom stereocenters. The summed E-state index contributed by atoms with van der Waals surface area (Å²) in [7, 11) is 0. The molecule has 0 saturated carbocycles. The summed E-state index contributed by atoms with van der Waals surface area (Å²) in [5.74, 6) is 0.391. The van der Waals surface area contributed by atoms with Crippen LogP contribution in [0.15, 0.2) is 47.4 Å². The molecule has 2 aromatic carbocycles. The number of para-hydroxylation sites is 1. The predicted molar refractivity (Wildman–Crippen MR) is 118 cm³/mol. The van der Waals surface area contributed by atoms with Crippen LogP contribution in [0.25, 0.3) is 0 Å². The van der Waals surface area contributed by atoms with E-state index in [0.29, 0.717) is 16.0 Å². The molecule has 1 saturated heterocycles. The van der Waals surface area contributed by atoms with Crippen LogP contribution in [-0.2, 0) is 6.42 Å². The SMILES string of the molecule is Cl.Cl.Oc1ccccc1SC1CCN(CCc2ccc(Cl)cc2Cl)CC1. The van der Waals surface area contributed by atoms with Gasteiger partial charge in [-0.1, -0.05) is 41.4 Å². The molecule has 0 aliphatic carbocycles. The van der Waals surface area contributed by atoms with Crippen molar-refractivity contribution in [2.75, 3.05) is 19.6 Å². The Balaban J connectivity index is 0.00000169. The second kappa shape index (κ2) is 11.5. The van der Waals surface area contributed by atoms with Gasteiger partial charge >= 0.3 is 0 Å². The Hall–Kier alpha value is -0.290. The number of hydrogen-bond acceptors (Lipinski definition) is 3. The summed E-state index contributed by atoms with van der Waals surface area (Å²) in [6, 6.07) is 13.3. The topological polar surface area (TPSA) is 23.5 Å². The number of aromatic hydroxyl groups is 1. The van der Waals surface area contributed by atoms with Crippen LogP contribution in [0.3, 0.4) is 0 Å². The first-order valence-corrected chi connectivity index (χ1v) is 9.86. The summed E-state index contributed by atoms with van der Waals surface area (Å²) in [6.45, 7) is 3.21. The quantitative estimate of drug-likeness (QED) is 0.569. The highest BCUT2D eigenvalue weighted by Crippen LogP contribution is 2.35. The maximum atomic E-state index is 9.90. The molecule has 0 aromatic heterocycles. The van der Waals surface area contributed by atoms with Crippen LogP contribution >= 0.6 is 59.8 Å². The summed E-state index contributed by atoms with van der Waals surface area (Å²) in [5, 5.41) is 11.9. The molecule has 0 amide bonds. The van der Waals surface area contributed by atoms with Gasteiger partial charge in [-0.2, -0.15) is 0 Å². The zero-order valence-electron chi connectivity index (χ0n) is 14.2. The maximum Gasteiger partial charge on any atom is 0.129 e. The average Bonchev–Trinajstić information content (AvgIpc) is 2.57. The van der Waals surface area contributed by atoms with Gasteiger partial charge in [0.25, 0.3) is 0 Å². The van der Waals surface area contributed by atoms with Gasteiger partial charge in [0.05, 0.1) is 0 Å². The van der Waals surface area contributed by atoms with E-state index in [1.54, 1.807) is 17.8 Å². The zero-order chi connectivity index (χ0) is 16.9. The van der Waals surface area contributed by atoms with E-state index in [9.17, 15) is 5.11 Å². The van der Waals surface area contributed by atoms with Crippen molar-refractivity contribution in [3.05, 3.63) is 58.1 Å². The van der Waals surface area contributed by atoms with Gasteiger partial charge in [0.15, 0.2) is 0 Å². The molecule has 144 valence electrons. The number of piperidine rings is 1. The molecule has 1 N–H and O–H groups in total. The molecule has 0 radical (unpaired) electrons. The molecule has 0 bridgehead atoms. The van der Waals surface area contributed by atoms with Crippen molar-refractivity contribution in [3.63, 3.8) is 0 Å². The molecule has 3 rings (SSSR count). The highest BCUT2D eigenvalue weighted by molar-refractivity contribution is 8.00. The maximum absolute atomic E-state index is 9.90. The average molecular weight is 455 g/mol. The van der Waals surface area contributed by atoms with Crippen LogP contribution in [0.5, 0.6) is 5.75 Å². The zero-order valence-corrected chi connectivity index (χ0v) is 18.2. The van der Waals surface area contributed by atoms with E-state index in [0.717, 1.165) is 54.4 Å². The van der Waals surface area contributed by atoms with Gasteiger partial charge in [-0.3, -0.25) is 0 Å². The van der Waals surface area contributed by atoms with E-state index >= 15 is 0 Å². The second-order valence-electron chi connectivity index (χ2n) is 6.11. The number of phenolic OH excluding ortho intramolecular Hbond substituents is 1. The Kier molecular flexibility index (Phi) is 10.5. The van der Waals surface area contributed by atoms with Gasteiger partial charge in [-0.25, -0.2) is 0 Å². The van der Waals surface area contributed by atoms with E-state index in [1.165, 1.54) is 0 Å². The van der Waals surface area contributed by atoms with Crippen LogP contribution < -0.4 is 0 Å². The van der Waals surface area contributed by atoms with Crippen LogP contribution in [0, 0.1) is 0 Å². The number of hydrogen-bond donors (Lipinski definition) is 1. The van der Waals surface area contributed by atoms with Crippen molar-refractivity contribution in [3.8, 4) is 5.75 Å². The van der Waals surface area contributed by atoms with E-state index in [2.05, 4.69) is 4.90 Å². The summed E-state index contributed by atoms with van der Waals surface area (Å²) in [4.78, 5) is 3.48. The molecular weight excluding hydrogens is 432 g/mol. The Bertz CT molecular complexity index is 693. The number of rotatable bonds is 5. The Morgan fingerprint density at radius 2 is 1.73 bits per heavy atom. The molecule has 2 nitrogen and oxygen atoms in total. The lowest BCUT2D eigenvalue weighted by molar-refractivity contribution is 0.235. The lowest BCUT2D eigenvalue weighted by atomic mass is 10.1. The minimum atomic E-state index is 0. The van der Waals surface area contributed by atoms with Crippen LogP contribution in [0.1, 0.15) is 18.4 Å². The van der Waals surface area contributed by atoms with Gasteiger partial charge in [0, 0.05) is 26.7 Å². The minimum Gasteiger partial charge on any atom is -0.507 e. The van der Waals surface area contributed by atoms with Crippen molar-refractivity contribution in [2.24, 2.45) is 0 Å². The number of likely N-dealkylation sites (tertiary alicyclic amines) is 1. The summed E-state index contributed by atoms with van der Waals surface area (Å²) in [5.41, 5.74) is 1.16. The van der Waals surface area contributed by atoms with Gasteiger partial charge in [-0.15, -0.1) is 36.6 Å². The fraction of sp³-hybridized carbons (Fsp3) is 0.368. The number of nitrogens with zero attached hydrogens (tertiary/aromatic N) is 1. The lowest BCUT2D eigenvalue weighted by Crippen LogP contribution is -2.36. The smallest absolute Gasteiger partial charge is 0.129 e. The standard InChI is InChI=1S/C19H21Cl2NOS.2ClH/c20-15-6-5-14(17(21)13-15)7-10-22-11-8-16(9-12-22)24-19-4-2-1-3-18(19)23;;/h1-6,13,16,23H,7-12H2;2*1H. The molecule has 2 aromatic rings. The first kappa shape index (κ1) is 23.7. The molecule has 26 heavy (non-hydrogen) atoms. The monoisotopic (exact) mass is 453 g/mol. The summed E-state index contributed by atoms with van der Waals surface area (Å²) in [6.07, 6.45) is 3.24. The first-order valence-electron chi connectivity index (χ1n) is 8.23. The first-order chi connectivity index (χ1) is 11.6.